The predicted molar refractivity (Wildman–Crippen MR) is 145 cm³/mol. The zero-order valence-corrected chi connectivity index (χ0v) is 22.8. The van der Waals surface area contributed by atoms with E-state index < -0.39 is 6.04 Å². The van der Waals surface area contributed by atoms with Crippen molar-refractivity contribution in [3.8, 4) is 0 Å². The summed E-state index contributed by atoms with van der Waals surface area (Å²) in [5.41, 5.74) is 3.30. The Morgan fingerprint density at radius 3 is 2.57 bits per heavy atom. The molecule has 37 heavy (non-hydrogen) atoms. The fourth-order valence-corrected chi connectivity index (χ4v) is 5.77. The van der Waals surface area contributed by atoms with Gasteiger partial charge in [-0.2, -0.15) is 5.10 Å². The lowest BCUT2D eigenvalue weighted by Gasteiger charge is -2.27. The van der Waals surface area contributed by atoms with E-state index in [-0.39, 0.29) is 36.2 Å². The van der Waals surface area contributed by atoms with Crippen LogP contribution in [0.3, 0.4) is 0 Å². The maximum Gasteiger partial charge on any atom is 0.245 e. The van der Waals surface area contributed by atoms with Crippen LogP contribution in [0.2, 0.25) is 0 Å². The van der Waals surface area contributed by atoms with Crippen LogP contribution < -0.4 is 5.32 Å². The summed E-state index contributed by atoms with van der Waals surface area (Å²) in [7, 11) is 0. The maximum atomic E-state index is 13.7. The van der Waals surface area contributed by atoms with Gasteiger partial charge in [0.1, 0.15) is 18.3 Å². The molecule has 1 N–H and O–H groups in total. The number of amides is 1. The molecule has 8 heteroatoms. The number of benzene rings is 1. The van der Waals surface area contributed by atoms with Crippen LogP contribution in [0.15, 0.2) is 12.1 Å². The van der Waals surface area contributed by atoms with Crippen LogP contribution in [0, 0.1) is 0 Å². The monoisotopic (exact) mass is 510 g/mol. The van der Waals surface area contributed by atoms with Gasteiger partial charge in [-0.25, -0.2) is 0 Å². The highest BCUT2D eigenvalue weighted by atomic mass is 16.5. The number of aromatic nitrogens is 2. The van der Waals surface area contributed by atoms with Crippen molar-refractivity contribution in [3.63, 3.8) is 0 Å². The Kier molecular flexibility index (Phi) is 9.00. The molecule has 0 unspecified atom stereocenters. The van der Waals surface area contributed by atoms with Gasteiger partial charge in [0.05, 0.1) is 11.6 Å². The standard InChI is InChI=1S/C29H42N4O4/c1-5-24(35)29-25-13-14-32(29)26(36)18-33-28-21(12-10-8-6-7-9-11-15-37-25)16-22(30-19(2)3)17-23(28)27(31-33)20(4)34/h16-17,19,25,29-30H,5-15,18H2,1-4H3/t25-,29-/m1/s1. The molecular weight excluding hydrogens is 468 g/mol. The number of carbonyl (C=O) groups is 3. The Morgan fingerprint density at radius 1 is 1.14 bits per heavy atom. The van der Waals surface area contributed by atoms with Gasteiger partial charge in [0.2, 0.25) is 5.91 Å². The molecule has 2 aromatic rings. The second-order valence-electron chi connectivity index (χ2n) is 10.8. The number of aryl methyl sites for hydroxylation is 1. The summed E-state index contributed by atoms with van der Waals surface area (Å²) in [6.07, 6.45) is 8.19. The number of ketones is 2. The third-order valence-corrected chi connectivity index (χ3v) is 7.51. The van der Waals surface area contributed by atoms with Crippen molar-refractivity contribution in [2.75, 3.05) is 18.5 Å². The van der Waals surface area contributed by atoms with Crippen molar-refractivity contribution in [1.82, 2.24) is 14.7 Å². The molecule has 2 aliphatic heterocycles. The number of nitrogens with zero attached hydrogens (tertiary/aromatic N) is 3. The van der Waals surface area contributed by atoms with Gasteiger partial charge in [-0.05, 0) is 57.2 Å². The molecule has 2 atom stereocenters. The van der Waals surface area contributed by atoms with Crippen molar-refractivity contribution in [2.24, 2.45) is 0 Å². The number of hydrogen-bond donors (Lipinski definition) is 1. The summed E-state index contributed by atoms with van der Waals surface area (Å²) < 4.78 is 7.84. The number of fused-ring (bicyclic) bond motifs is 2. The fraction of sp³-hybridized carbons (Fsp3) is 0.655. The molecule has 3 heterocycles. The average Bonchev–Trinajstić information content (AvgIpc) is 3.43. The Labute approximate surface area is 220 Å². The van der Waals surface area contributed by atoms with Crippen molar-refractivity contribution in [3.05, 3.63) is 23.4 Å². The van der Waals surface area contributed by atoms with E-state index in [1.165, 1.54) is 6.92 Å². The van der Waals surface area contributed by atoms with E-state index in [0.29, 0.717) is 31.7 Å². The fourth-order valence-electron chi connectivity index (χ4n) is 5.77. The van der Waals surface area contributed by atoms with Crippen LogP contribution in [0.4, 0.5) is 5.69 Å². The van der Waals surface area contributed by atoms with Crippen LogP contribution in [-0.4, -0.2) is 63.5 Å². The lowest BCUT2D eigenvalue weighted by Crippen LogP contribution is -2.47. The van der Waals surface area contributed by atoms with Gasteiger partial charge < -0.3 is 15.0 Å². The van der Waals surface area contributed by atoms with Gasteiger partial charge in [0, 0.05) is 43.6 Å². The van der Waals surface area contributed by atoms with Crippen LogP contribution in [0.25, 0.3) is 10.9 Å². The third-order valence-electron chi connectivity index (χ3n) is 7.51. The number of hydrogen-bond acceptors (Lipinski definition) is 6. The van der Waals surface area contributed by atoms with Crippen molar-refractivity contribution >= 4 is 34.1 Å². The molecule has 2 bridgehead atoms. The average molecular weight is 511 g/mol. The lowest BCUT2D eigenvalue weighted by molar-refractivity contribution is -0.141. The van der Waals surface area contributed by atoms with Gasteiger partial charge in [-0.1, -0.05) is 32.6 Å². The highest BCUT2D eigenvalue weighted by molar-refractivity contribution is 6.06. The number of carbonyl (C=O) groups excluding carboxylic acids is 3. The lowest BCUT2D eigenvalue weighted by atomic mass is 10.0. The van der Waals surface area contributed by atoms with E-state index in [9.17, 15) is 14.4 Å². The van der Waals surface area contributed by atoms with Crippen molar-refractivity contribution < 1.29 is 19.1 Å². The summed E-state index contributed by atoms with van der Waals surface area (Å²) in [6, 6.07) is 3.82. The van der Waals surface area contributed by atoms with Crippen molar-refractivity contribution in [1.29, 1.82) is 0 Å². The zero-order valence-electron chi connectivity index (χ0n) is 22.8. The second kappa shape index (κ2) is 12.2. The molecule has 0 spiro atoms. The molecule has 4 rings (SSSR count). The van der Waals surface area contributed by atoms with Crippen LogP contribution in [0.1, 0.15) is 95.1 Å². The molecular formula is C29H42N4O4. The van der Waals surface area contributed by atoms with Crippen LogP contribution in [0.5, 0.6) is 0 Å². The summed E-state index contributed by atoms with van der Waals surface area (Å²) in [5, 5.41) is 8.92. The summed E-state index contributed by atoms with van der Waals surface area (Å²) in [4.78, 5) is 40.9. The molecule has 0 saturated carbocycles. The number of Topliss-reactive ketones (excluding diaryl/α,β-unsaturated/α-hetero) is 2. The molecule has 1 fully saturated rings. The van der Waals surface area contributed by atoms with Gasteiger partial charge in [-0.3, -0.25) is 19.1 Å². The number of ether oxygens (including phenoxy) is 1. The maximum absolute atomic E-state index is 13.7. The van der Waals surface area contributed by atoms with Crippen LogP contribution >= 0.6 is 0 Å². The van der Waals surface area contributed by atoms with E-state index in [1.54, 1.807) is 9.58 Å². The van der Waals surface area contributed by atoms with E-state index in [2.05, 4.69) is 30.3 Å². The third kappa shape index (κ3) is 6.22. The smallest absolute Gasteiger partial charge is 0.245 e. The predicted octanol–water partition coefficient (Wildman–Crippen LogP) is 4.92. The molecule has 1 aromatic heterocycles. The largest absolute Gasteiger partial charge is 0.383 e. The zero-order chi connectivity index (χ0) is 26.5. The Morgan fingerprint density at radius 2 is 1.86 bits per heavy atom. The first-order valence-electron chi connectivity index (χ1n) is 14.0. The highest BCUT2D eigenvalue weighted by Gasteiger charge is 2.41. The Balaban J connectivity index is 1.77. The SMILES string of the molecule is CCC(=O)[C@@H]1[C@H]2CCN1C(=O)Cn1nc(C(C)=O)c3cc(NC(C)C)cc(c31)CCCCCCCCO2. The van der Waals surface area contributed by atoms with E-state index in [0.717, 1.165) is 67.1 Å². The normalized spacial score (nSPS) is 21.9. The molecule has 0 aliphatic carbocycles. The van der Waals surface area contributed by atoms with Gasteiger partial charge in [0.15, 0.2) is 11.6 Å². The van der Waals surface area contributed by atoms with Gasteiger partial charge in [0.25, 0.3) is 0 Å². The van der Waals surface area contributed by atoms with Crippen LogP contribution in [-0.2, 0) is 27.3 Å². The van der Waals surface area contributed by atoms with Gasteiger partial charge in [-0.15, -0.1) is 0 Å². The highest BCUT2D eigenvalue weighted by Crippen LogP contribution is 2.31. The minimum atomic E-state index is -0.552. The minimum absolute atomic E-state index is 0.00600. The number of rotatable bonds is 5. The molecule has 202 valence electrons. The minimum Gasteiger partial charge on any atom is -0.383 e. The Bertz CT molecular complexity index is 1140. The Hall–Kier alpha value is -2.74. The number of anilines is 1. The number of nitrogens with one attached hydrogen (secondary N) is 1. The summed E-state index contributed by atoms with van der Waals surface area (Å²) in [5.74, 6) is -0.245. The van der Waals surface area contributed by atoms with E-state index in [1.807, 2.05) is 13.0 Å². The molecule has 1 saturated heterocycles. The first kappa shape index (κ1) is 27.3. The molecule has 2 aliphatic rings. The van der Waals surface area contributed by atoms with E-state index >= 15 is 0 Å². The molecule has 1 aromatic carbocycles. The molecule has 0 radical (unpaired) electrons. The van der Waals surface area contributed by atoms with Gasteiger partial charge >= 0.3 is 0 Å². The first-order chi connectivity index (χ1) is 17.8. The first-order valence-corrected chi connectivity index (χ1v) is 14.0. The van der Waals surface area contributed by atoms with E-state index in [4.69, 9.17) is 4.74 Å². The quantitative estimate of drug-likeness (QED) is 0.574. The topological polar surface area (TPSA) is 93.5 Å². The molecule has 8 nitrogen and oxygen atoms in total. The van der Waals surface area contributed by atoms with Crippen molar-refractivity contribution in [2.45, 2.75) is 110 Å². The summed E-state index contributed by atoms with van der Waals surface area (Å²) >= 11 is 0. The summed E-state index contributed by atoms with van der Waals surface area (Å²) in [6.45, 7) is 8.65. The second-order valence-corrected chi connectivity index (χ2v) is 10.8. The molecule has 1 amide bonds.